The van der Waals surface area contributed by atoms with Crippen LogP contribution < -0.4 is 11.1 Å². The lowest BCUT2D eigenvalue weighted by molar-refractivity contribution is 1.31. The highest BCUT2D eigenvalue weighted by molar-refractivity contribution is 6.33. The van der Waals surface area contributed by atoms with Crippen LogP contribution in [0.2, 0.25) is 5.02 Å². The molecule has 0 fully saturated rings. The molecule has 0 aliphatic heterocycles. The fourth-order valence-corrected chi connectivity index (χ4v) is 2.11. The molecule has 2 heterocycles. The Balaban J connectivity index is 2.06. The van der Waals surface area contributed by atoms with Crippen molar-refractivity contribution in [2.75, 3.05) is 11.1 Å². The van der Waals surface area contributed by atoms with Gasteiger partial charge in [-0.1, -0.05) is 17.7 Å². The summed E-state index contributed by atoms with van der Waals surface area (Å²) in [4.78, 5) is 8.50. The van der Waals surface area contributed by atoms with Crippen LogP contribution in [0.3, 0.4) is 0 Å². The van der Waals surface area contributed by atoms with E-state index in [4.69, 9.17) is 17.3 Å². The quantitative estimate of drug-likeness (QED) is 0.747. The van der Waals surface area contributed by atoms with Gasteiger partial charge in [0.05, 0.1) is 22.4 Å². The molecule has 0 aliphatic carbocycles. The molecule has 5 heteroatoms. The highest BCUT2D eigenvalue weighted by Crippen LogP contribution is 2.28. The highest BCUT2D eigenvalue weighted by Gasteiger charge is 2.06. The highest BCUT2D eigenvalue weighted by atomic mass is 35.5. The number of nitrogen functional groups attached to an aromatic ring is 1. The standard InChI is InChI=1S/C14H11ClN4/c15-11-7-9(16)8-18-14(11)19-13-5-1-4-12-10(13)3-2-6-17-12/h1-8H,16H2,(H,18,19). The van der Waals surface area contributed by atoms with Gasteiger partial charge in [-0.3, -0.25) is 4.98 Å². The lowest BCUT2D eigenvalue weighted by atomic mass is 10.2. The smallest absolute Gasteiger partial charge is 0.149 e. The number of halogens is 1. The molecule has 0 atom stereocenters. The molecule has 0 aliphatic rings. The van der Waals surface area contributed by atoms with E-state index in [2.05, 4.69) is 15.3 Å². The third-order valence-electron chi connectivity index (χ3n) is 2.76. The fraction of sp³-hybridized carbons (Fsp3) is 0. The van der Waals surface area contributed by atoms with Crippen LogP contribution in [0.5, 0.6) is 0 Å². The number of nitrogens with zero attached hydrogens (tertiary/aromatic N) is 2. The van der Waals surface area contributed by atoms with E-state index < -0.39 is 0 Å². The minimum absolute atomic E-state index is 0.487. The molecule has 0 unspecified atom stereocenters. The minimum Gasteiger partial charge on any atom is -0.397 e. The number of nitrogens with one attached hydrogen (secondary N) is 1. The van der Waals surface area contributed by atoms with Gasteiger partial charge in [-0.05, 0) is 30.3 Å². The monoisotopic (exact) mass is 270 g/mol. The number of rotatable bonds is 2. The van der Waals surface area contributed by atoms with Gasteiger partial charge in [-0.2, -0.15) is 0 Å². The molecule has 1 aromatic carbocycles. The number of hydrogen-bond acceptors (Lipinski definition) is 4. The Bertz CT molecular complexity index is 737. The average Bonchev–Trinajstić information content (AvgIpc) is 2.42. The van der Waals surface area contributed by atoms with Crippen LogP contribution in [0.4, 0.5) is 17.2 Å². The van der Waals surface area contributed by atoms with Crippen molar-refractivity contribution in [2.45, 2.75) is 0 Å². The van der Waals surface area contributed by atoms with Gasteiger partial charge in [-0.15, -0.1) is 0 Å². The number of benzene rings is 1. The van der Waals surface area contributed by atoms with Crippen LogP contribution >= 0.6 is 11.6 Å². The Morgan fingerprint density at radius 3 is 2.84 bits per heavy atom. The lowest BCUT2D eigenvalue weighted by Crippen LogP contribution is -1.97. The SMILES string of the molecule is Nc1cnc(Nc2cccc3ncccc23)c(Cl)c1. The van der Waals surface area contributed by atoms with E-state index in [1.807, 2.05) is 30.3 Å². The molecular formula is C14H11ClN4. The molecule has 19 heavy (non-hydrogen) atoms. The summed E-state index contributed by atoms with van der Waals surface area (Å²) in [6, 6.07) is 11.4. The summed E-state index contributed by atoms with van der Waals surface area (Å²) in [5.41, 5.74) is 7.99. The number of aromatic nitrogens is 2. The lowest BCUT2D eigenvalue weighted by Gasteiger charge is -2.10. The largest absolute Gasteiger partial charge is 0.397 e. The third-order valence-corrected chi connectivity index (χ3v) is 3.05. The molecule has 3 aromatic rings. The zero-order chi connectivity index (χ0) is 13.2. The fourth-order valence-electron chi connectivity index (χ4n) is 1.88. The molecular weight excluding hydrogens is 260 g/mol. The second kappa shape index (κ2) is 4.74. The van der Waals surface area contributed by atoms with E-state index in [0.717, 1.165) is 16.6 Å². The maximum absolute atomic E-state index is 6.11. The van der Waals surface area contributed by atoms with Crippen molar-refractivity contribution < 1.29 is 0 Å². The third kappa shape index (κ3) is 2.30. The van der Waals surface area contributed by atoms with E-state index in [1.54, 1.807) is 18.5 Å². The first-order chi connectivity index (χ1) is 9.24. The van der Waals surface area contributed by atoms with Crippen molar-refractivity contribution in [3.63, 3.8) is 0 Å². The average molecular weight is 271 g/mol. The summed E-state index contributed by atoms with van der Waals surface area (Å²) in [7, 11) is 0. The Morgan fingerprint density at radius 2 is 2.00 bits per heavy atom. The van der Waals surface area contributed by atoms with Crippen LogP contribution in [0.25, 0.3) is 10.9 Å². The zero-order valence-electron chi connectivity index (χ0n) is 9.97. The summed E-state index contributed by atoms with van der Waals surface area (Å²) in [6.45, 7) is 0. The number of nitrogens with two attached hydrogens (primary N) is 1. The molecule has 3 rings (SSSR count). The van der Waals surface area contributed by atoms with Gasteiger partial charge in [-0.25, -0.2) is 4.98 Å². The molecule has 0 radical (unpaired) electrons. The van der Waals surface area contributed by atoms with Gasteiger partial charge in [0.1, 0.15) is 5.82 Å². The predicted molar refractivity (Wildman–Crippen MR) is 78.7 cm³/mol. The summed E-state index contributed by atoms with van der Waals surface area (Å²) in [5, 5.41) is 4.70. The molecule has 0 saturated carbocycles. The Labute approximate surface area is 115 Å². The van der Waals surface area contributed by atoms with Crippen molar-refractivity contribution in [1.82, 2.24) is 9.97 Å². The molecule has 2 aromatic heterocycles. The molecule has 94 valence electrons. The molecule has 3 N–H and O–H groups in total. The summed E-state index contributed by atoms with van der Waals surface area (Å²) >= 11 is 6.11. The second-order valence-electron chi connectivity index (χ2n) is 4.10. The maximum atomic E-state index is 6.11. The van der Waals surface area contributed by atoms with E-state index in [-0.39, 0.29) is 0 Å². The predicted octanol–water partition coefficient (Wildman–Crippen LogP) is 3.61. The van der Waals surface area contributed by atoms with Gasteiger partial charge in [0, 0.05) is 17.3 Å². The summed E-state index contributed by atoms with van der Waals surface area (Å²) < 4.78 is 0. The van der Waals surface area contributed by atoms with Crippen LogP contribution in [-0.4, -0.2) is 9.97 Å². The normalized spacial score (nSPS) is 10.6. The Morgan fingerprint density at radius 1 is 1.11 bits per heavy atom. The van der Waals surface area contributed by atoms with Crippen molar-refractivity contribution in [3.05, 3.63) is 53.8 Å². The Kier molecular flexibility index (Phi) is 2.93. The van der Waals surface area contributed by atoms with E-state index in [0.29, 0.717) is 16.5 Å². The molecule has 0 saturated heterocycles. The Hall–Kier alpha value is -2.33. The van der Waals surface area contributed by atoms with Gasteiger partial charge < -0.3 is 11.1 Å². The molecule has 0 amide bonds. The first-order valence-corrected chi connectivity index (χ1v) is 6.13. The number of pyridine rings is 2. The number of fused-ring (bicyclic) bond motifs is 1. The van der Waals surface area contributed by atoms with E-state index in [9.17, 15) is 0 Å². The molecule has 4 nitrogen and oxygen atoms in total. The molecule has 0 bridgehead atoms. The maximum Gasteiger partial charge on any atom is 0.149 e. The molecule has 0 spiro atoms. The number of hydrogen-bond donors (Lipinski definition) is 2. The summed E-state index contributed by atoms with van der Waals surface area (Å²) in [5.74, 6) is 0.576. The first-order valence-electron chi connectivity index (χ1n) is 5.76. The van der Waals surface area contributed by atoms with Crippen molar-refractivity contribution >= 4 is 39.7 Å². The van der Waals surface area contributed by atoms with Crippen LogP contribution in [-0.2, 0) is 0 Å². The van der Waals surface area contributed by atoms with Gasteiger partial charge in [0.25, 0.3) is 0 Å². The minimum atomic E-state index is 0.487. The van der Waals surface area contributed by atoms with Crippen LogP contribution in [0.1, 0.15) is 0 Å². The van der Waals surface area contributed by atoms with Crippen molar-refractivity contribution in [1.29, 1.82) is 0 Å². The topological polar surface area (TPSA) is 63.8 Å². The van der Waals surface area contributed by atoms with E-state index in [1.165, 1.54) is 0 Å². The van der Waals surface area contributed by atoms with Crippen molar-refractivity contribution in [3.8, 4) is 0 Å². The van der Waals surface area contributed by atoms with Crippen LogP contribution in [0.15, 0.2) is 48.8 Å². The number of anilines is 3. The van der Waals surface area contributed by atoms with Crippen molar-refractivity contribution in [2.24, 2.45) is 0 Å². The zero-order valence-corrected chi connectivity index (χ0v) is 10.7. The van der Waals surface area contributed by atoms with E-state index >= 15 is 0 Å². The van der Waals surface area contributed by atoms with Crippen LogP contribution in [0, 0.1) is 0 Å². The summed E-state index contributed by atoms with van der Waals surface area (Å²) in [6.07, 6.45) is 3.33. The van der Waals surface area contributed by atoms with Gasteiger partial charge >= 0.3 is 0 Å². The van der Waals surface area contributed by atoms with Gasteiger partial charge in [0.2, 0.25) is 0 Å². The second-order valence-corrected chi connectivity index (χ2v) is 4.51. The van der Waals surface area contributed by atoms with Gasteiger partial charge in [0.15, 0.2) is 0 Å². The first kappa shape index (κ1) is 11.7.